The summed E-state index contributed by atoms with van der Waals surface area (Å²) in [5.74, 6) is 0.649. The van der Waals surface area contributed by atoms with Crippen LogP contribution in [0.2, 0.25) is 0 Å². The highest BCUT2D eigenvalue weighted by atomic mass is 79.9. The van der Waals surface area contributed by atoms with E-state index in [1.165, 1.54) is 6.08 Å². The van der Waals surface area contributed by atoms with Gasteiger partial charge in [-0.25, -0.2) is 4.98 Å². The number of aromatic nitrogens is 1. The van der Waals surface area contributed by atoms with E-state index in [4.69, 9.17) is 0 Å². The number of halogens is 1. The molecule has 2 aliphatic rings. The molecule has 0 saturated carbocycles. The van der Waals surface area contributed by atoms with Gasteiger partial charge in [-0.2, -0.15) is 0 Å². The lowest BCUT2D eigenvalue weighted by atomic mass is 10.0. The number of likely N-dealkylation sites (N-methyl/N-ethyl adjacent to an activating group) is 1. The zero-order valence-corrected chi connectivity index (χ0v) is 14.1. The van der Waals surface area contributed by atoms with Gasteiger partial charge in [-0.05, 0) is 34.5 Å². The molecule has 1 saturated heterocycles. The van der Waals surface area contributed by atoms with E-state index in [9.17, 15) is 9.59 Å². The first kappa shape index (κ1) is 15.0. The summed E-state index contributed by atoms with van der Waals surface area (Å²) in [6.45, 7) is 7.00. The number of hydrogen-bond acceptors (Lipinski definition) is 4. The molecular formula is C15H17BrN4O2. The molecule has 1 aromatic heterocycles. The van der Waals surface area contributed by atoms with Gasteiger partial charge < -0.3 is 14.7 Å². The minimum absolute atomic E-state index is 0.0166. The second kappa shape index (κ2) is 5.39. The second-order valence-corrected chi connectivity index (χ2v) is 6.35. The Bertz CT molecular complexity index is 676. The number of hydrogen-bond donors (Lipinski definition) is 0. The van der Waals surface area contributed by atoms with Crippen molar-refractivity contribution < 1.29 is 9.59 Å². The van der Waals surface area contributed by atoms with Gasteiger partial charge in [0.2, 0.25) is 5.91 Å². The summed E-state index contributed by atoms with van der Waals surface area (Å²) >= 11 is 3.46. The van der Waals surface area contributed by atoms with Crippen molar-refractivity contribution in [3.63, 3.8) is 0 Å². The first-order valence-corrected chi connectivity index (χ1v) is 7.85. The Kier molecular flexibility index (Phi) is 3.68. The average Bonchev–Trinajstić information content (AvgIpc) is 2.54. The van der Waals surface area contributed by atoms with Crippen molar-refractivity contribution in [3.05, 3.63) is 28.9 Å². The third kappa shape index (κ3) is 2.11. The largest absolute Gasteiger partial charge is 0.339 e. The molecule has 2 amide bonds. The van der Waals surface area contributed by atoms with Gasteiger partial charge in [-0.3, -0.25) is 9.59 Å². The van der Waals surface area contributed by atoms with Crippen molar-refractivity contribution in [2.24, 2.45) is 0 Å². The van der Waals surface area contributed by atoms with Crippen molar-refractivity contribution in [2.45, 2.75) is 13.0 Å². The van der Waals surface area contributed by atoms with Crippen LogP contribution in [0.25, 0.3) is 0 Å². The van der Waals surface area contributed by atoms with Gasteiger partial charge in [0.05, 0.1) is 12.2 Å². The fourth-order valence-corrected chi connectivity index (χ4v) is 3.37. The number of carbonyl (C=O) groups excluding carboxylic acids is 2. The standard InChI is InChI=1S/C15H17BrN4O2/c1-4-12(21)19-5-6-20-11(8-19)15(22)18(3)13-9(2)10(16)7-17-14(13)20/h4,7,11H,1,5-6,8H2,2-3H3. The van der Waals surface area contributed by atoms with Crippen molar-refractivity contribution in [3.8, 4) is 0 Å². The smallest absolute Gasteiger partial charge is 0.251 e. The average molecular weight is 365 g/mol. The molecule has 1 unspecified atom stereocenters. The van der Waals surface area contributed by atoms with Crippen LogP contribution in [-0.4, -0.2) is 54.4 Å². The highest BCUT2D eigenvalue weighted by Crippen LogP contribution is 2.39. The molecule has 116 valence electrons. The van der Waals surface area contributed by atoms with Gasteiger partial charge in [0.1, 0.15) is 6.04 Å². The maximum atomic E-state index is 12.7. The Morgan fingerprint density at radius 1 is 1.50 bits per heavy atom. The summed E-state index contributed by atoms with van der Waals surface area (Å²) in [6.07, 6.45) is 3.05. The zero-order valence-electron chi connectivity index (χ0n) is 12.5. The Balaban J connectivity index is 2.02. The summed E-state index contributed by atoms with van der Waals surface area (Å²) in [4.78, 5) is 34.3. The topological polar surface area (TPSA) is 56.8 Å². The van der Waals surface area contributed by atoms with Crippen LogP contribution in [0.15, 0.2) is 23.3 Å². The number of pyridine rings is 1. The van der Waals surface area contributed by atoms with Crippen LogP contribution in [-0.2, 0) is 9.59 Å². The molecule has 3 rings (SSSR count). The molecular weight excluding hydrogens is 348 g/mol. The van der Waals surface area contributed by atoms with Crippen molar-refractivity contribution in [1.29, 1.82) is 0 Å². The highest BCUT2D eigenvalue weighted by Gasteiger charge is 2.42. The molecule has 22 heavy (non-hydrogen) atoms. The van der Waals surface area contributed by atoms with Gasteiger partial charge in [0.25, 0.3) is 5.91 Å². The fraction of sp³-hybridized carbons (Fsp3) is 0.400. The van der Waals surface area contributed by atoms with E-state index in [1.807, 2.05) is 11.8 Å². The molecule has 3 heterocycles. The monoisotopic (exact) mass is 364 g/mol. The van der Waals surface area contributed by atoms with Crippen molar-refractivity contribution >= 4 is 39.2 Å². The molecule has 7 heteroatoms. The lowest BCUT2D eigenvalue weighted by Crippen LogP contribution is -2.63. The predicted octanol–water partition coefficient (Wildman–Crippen LogP) is 1.33. The van der Waals surface area contributed by atoms with Crippen LogP contribution in [0.5, 0.6) is 0 Å². The molecule has 0 spiro atoms. The Labute approximate surface area is 137 Å². The quantitative estimate of drug-likeness (QED) is 0.705. The molecule has 6 nitrogen and oxygen atoms in total. The molecule has 0 aromatic carbocycles. The molecule has 1 aromatic rings. The molecule has 0 bridgehead atoms. The number of piperazine rings is 1. The lowest BCUT2D eigenvalue weighted by molar-refractivity contribution is -0.128. The molecule has 0 radical (unpaired) electrons. The molecule has 0 N–H and O–H groups in total. The van der Waals surface area contributed by atoms with Gasteiger partial charge in [0, 0.05) is 30.8 Å². The molecule has 2 aliphatic heterocycles. The summed E-state index contributed by atoms with van der Waals surface area (Å²) in [6, 6.07) is -0.386. The fourth-order valence-electron chi connectivity index (χ4n) is 3.08. The van der Waals surface area contributed by atoms with Crippen LogP contribution in [0.4, 0.5) is 11.5 Å². The molecule has 1 fully saturated rings. The van der Waals surface area contributed by atoms with E-state index >= 15 is 0 Å². The lowest BCUT2D eigenvalue weighted by Gasteiger charge is -2.46. The van der Waals surface area contributed by atoms with E-state index in [-0.39, 0.29) is 17.9 Å². The molecule has 0 aliphatic carbocycles. The number of amides is 2. The summed E-state index contributed by atoms with van der Waals surface area (Å²) in [5.41, 5.74) is 1.82. The number of rotatable bonds is 1. The maximum absolute atomic E-state index is 12.7. The number of carbonyl (C=O) groups is 2. The van der Waals surface area contributed by atoms with Crippen LogP contribution >= 0.6 is 15.9 Å². The number of anilines is 2. The van der Waals surface area contributed by atoms with E-state index in [2.05, 4.69) is 27.5 Å². The third-order valence-corrected chi connectivity index (χ3v) is 5.11. The zero-order chi connectivity index (χ0) is 16.0. The van der Waals surface area contributed by atoms with Crippen LogP contribution in [0.1, 0.15) is 5.56 Å². The minimum atomic E-state index is -0.386. The second-order valence-electron chi connectivity index (χ2n) is 5.50. The molecule has 1 atom stereocenters. The summed E-state index contributed by atoms with van der Waals surface area (Å²) in [7, 11) is 1.76. The van der Waals surface area contributed by atoms with Crippen LogP contribution < -0.4 is 9.80 Å². The summed E-state index contributed by atoms with van der Waals surface area (Å²) in [5, 5.41) is 0. The Morgan fingerprint density at radius 3 is 2.91 bits per heavy atom. The number of nitrogens with zero attached hydrogens (tertiary/aromatic N) is 4. The highest BCUT2D eigenvalue weighted by molar-refractivity contribution is 9.10. The van der Waals surface area contributed by atoms with Crippen LogP contribution in [0.3, 0.4) is 0 Å². The Morgan fingerprint density at radius 2 is 2.23 bits per heavy atom. The minimum Gasteiger partial charge on any atom is -0.339 e. The van der Waals surface area contributed by atoms with Crippen molar-refractivity contribution in [1.82, 2.24) is 9.88 Å². The third-order valence-electron chi connectivity index (χ3n) is 4.32. The van der Waals surface area contributed by atoms with Gasteiger partial charge in [0.15, 0.2) is 5.82 Å². The van der Waals surface area contributed by atoms with E-state index in [1.54, 1.807) is 23.0 Å². The SMILES string of the molecule is C=CC(=O)N1CCN2c3ncc(Br)c(C)c3N(C)C(=O)C2C1. The van der Waals surface area contributed by atoms with Crippen LogP contribution in [0, 0.1) is 6.92 Å². The van der Waals surface area contributed by atoms with Gasteiger partial charge in [-0.1, -0.05) is 6.58 Å². The predicted molar refractivity (Wildman–Crippen MR) is 88.0 cm³/mol. The van der Waals surface area contributed by atoms with Gasteiger partial charge in [-0.15, -0.1) is 0 Å². The van der Waals surface area contributed by atoms with Crippen molar-refractivity contribution in [2.75, 3.05) is 36.5 Å². The number of fused-ring (bicyclic) bond motifs is 3. The van der Waals surface area contributed by atoms with Gasteiger partial charge >= 0.3 is 0 Å². The van der Waals surface area contributed by atoms with E-state index < -0.39 is 0 Å². The Hall–Kier alpha value is -1.89. The first-order chi connectivity index (χ1) is 10.5. The normalized spacial score (nSPS) is 20.6. The maximum Gasteiger partial charge on any atom is 0.251 e. The van der Waals surface area contributed by atoms with E-state index in [0.717, 1.165) is 21.5 Å². The van der Waals surface area contributed by atoms with E-state index in [0.29, 0.717) is 19.6 Å². The summed E-state index contributed by atoms with van der Waals surface area (Å²) < 4.78 is 0.879. The first-order valence-electron chi connectivity index (χ1n) is 7.06.